The number of benzene rings is 10. The fraction of sp³-hybridized carbons (Fsp3) is 0.188. The highest BCUT2D eigenvalue weighted by Gasteiger charge is 2.54. The molecule has 1 heterocycles. The summed E-state index contributed by atoms with van der Waals surface area (Å²) in [5.41, 5.74) is 20.7. The molecule has 0 saturated heterocycles. The highest BCUT2D eigenvalue weighted by atomic mass is 16.3. The van der Waals surface area contributed by atoms with Gasteiger partial charge in [-0.2, -0.15) is 0 Å². The van der Waals surface area contributed by atoms with Crippen LogP contribution in [0.1, 0.15) is 101 Å². The van der Waals surface area contributed by atoms with E-state index in [0.717, 1.165) is 55.9 Å². The van der Waals surface area contributed by atoms with Gasteiger partial charge >= 0.3 is 0 Å². The lowest BCUT2D eigenvalue weighted by Gasteiger charge is -2.32. The maximum absolute atomic E-state index is 7.29. The Hall–Kier alpha value is -7.88. The van der Waals surface area contributed by atoms with Crippen molar-refractivity contribution in [2.75, 3.05) is 10.2 Å². The third-order valence-electron chi connectivity index (χ3n) is 15.9. The molecule has 3 heteroatoms. The number of para-hydroxylation sites is 1. The second-order valence-corrected chi connectivity index (χ2v) is 23.4. The van der Waals surface area contributed by atoms with Gasteiger partial charge in [0, 0.05) is 33.7 Å². The minimum atomic E-state index is -0.674. The van der Waals surface area contributed by atoms with Crippen molar-refractivity contribution in [1.82, 2.24) is 0 Å². The van der Waals surface area contributed by atoms with Crippen LogP contribution in [0.4, 0.5) is 28.4 Å². The zero-order valence-electron chi connectivity index (χ0n) is 42.8. The number of furan rings is 1. The smallest absolute Gasteiger partial charge is 0.145 e. The molecule has 0 amide bonds. The van der Waals surface area contributed by atoms with Crippen molar-refractivity contribution in [3.05, 3.63) is 233 Å². The molecule has 0 bridgehead atoms. The molecule has 0 atom stereocenters. The van der Waals surface area contributed by atoms with Crippen molar-refractivity contribution in [2.24, 2.45) is 0 Å². The number of nitrogens with zero attached hydrogens (tertiary/aromatic N) is 1. The van der Waals surface area contributed by atoms with Crippen molar-refractivity contribution < 1.29 is 4.42 Å². The molecule has 13 rings (SSSR count). The minimum Gasteiger partial charge on any atom is -0.455 e. The molecular formula is C69H60N2O. The standard InChI is InChI=1S/C69H60N2O/c1-66(2,3)42-26-32-45(33-27-42)70-59-41-58-63(65-61(59)54-22-14-17-25-60(54)72-65)62-52-21-11-10-18-49(52)55-40-48(38-39-53(55)64(62)69(58)56-23-15-12-19-50(56)51-20-13-16-24-57(51)69)71(46-34-28-43(29-35-46)67(4,5)6)47-36-30-44(31-37-47)68(7,8)9/h10-41,70H,1-9H3. The molecule has 72 heavy (non-hydrogen) atoms. The van der Waals surface area contributed by atoms with Crippen LogP contribution in [0.3, 0.4) is 0 Å². The molecule has 0 fully saturated rings. The second kappa shape index (κ2) is 15.6. The molecule has 3 nitrogen and oxygen atoms in total. The van der Waals surface area contributed by atoms with Gasteiger partial charge in [-0.1, -0.05) is 196 Å². The zero-order chi connectivity index (χ0) is 49.5. The molecule has 1 N–H and O–H groups in total. The average Bonchev–Trinajstić information content (AvgIpc) is 4.01. The summed E-state index contributed by atoms with van der Waals surface area (Å²) >= 11 is 0. The van der Waals surface area contributed by atoms with Gasteiger partial charge in [-0.3, -0.25) is 0 Å². The summed E-state index contributed by atoms with van der Waals surface area (Å²) in [5, 5.41) is 11.1. The molecule has 0 aliphatic heterocycles. The summed E-state index contributed by atoms with van der Waals surface area (Å²) in [6, 6.07) is 73.0. The number of fused-ring (bicyclic) bond motifs is 19. The van der Waals surface area contributed by atoms with Crippen molar-refractivity contribution in [3.63, 3.8) is 0 Å². The molecule has 1 aromatic heterocycles. The lowest BCUT2D eigenvalue weighted by Crippen LogP contribution is -2.26. The van der Waals surface area contributed by atoms with E-state index in [1.807, 2.05) is 0 Å². The average molecular weight is 933 g/mol. The Kier molecular flexibility index (Phi) is 9.53. The molecule has 2 aliphatic carbocycles. The Morgan fingerprint density at radius 2 is 0.889 bits per heavy atom. The van der Waals surface area contributed by atoms with E-state index in [1.165, 1.54) is 77.2 Å². The van der Waals surface area contributed by atoms with Gasteiger partial charge in [0.05, 0.1) is 16.5 Å². The third kappa shape index (κ3) is 6.49. The molecule has 0 unspecified atom stereocenters. The van der Waals surface area contributed by atoms with Crippen LogP contribution in [-0.2, 0) is 21.7 Å². The minimum absolute atomic E-state index is 0.0352. The Morgan fingerprint density at radius 3 is 1.46 bits per heavy atom. The lowest BCUT2D eigenvalue weighted by molar-refractivity contribution is 0.590. The predicted molar refractivity (Wildman–Crippen MR) is 306 cm³/mol. The van der Waals surface area contributed by atoms with Crippen LogP contribution in [0, 0.1) is 0 Å². The van der Waals surface area contributed by atoms with Gasteiger partial charge in [0.1, 0.15) is 11.2 Å². The van der Waals surface area contributed by atoms with E-state index in [2.05, 4.69) is 267 Å². The van der Waals surface area contributed by atoms with Crippen LogP contribution in [0.15, 0.2) is 199 Å². The molecule has 10 aromatic carbocycles. The maximum Gasteiger partial charge on any atom is 0.145 e. The fourth-order valence-electron chi connectivity index (χ4n) is 12.3. The van der Waals surface area contributed by atoms with Gasteiger partial charge in [0.2, 0.25) is 0 Å². The summed E-state index contributed by atoms with van der Waals surface area (Å²) in [4.78, 5) is 2.44. The Labute approximate surface area is 423 Å². The normalized spacial score (nSPS) is 13.7. The summed E-state index contributed by atoms with van der Waals surface area (Å²) in [6.45, 7) is 20.5. The second-order valence-electron chi connectivity index (χ2n) is 23.4. The Bertz CT molecular complexity index is 3880. The number of rotatable bonds is 5. The van der Waals surface area contributed by atoms with Gasteiger partial charge < -0.3 is 14.6 Å². The molecular weight excluding hydrogens is 873 g/mol. The molecule has 352 valence electrons. The first-order valence-electron chi connectivity index (χ1n) is 25.7. The SMILES string of the molecule is CC(C)(C)c1ccc(Nc2cc3c(c4oc5ccccc5c24)-c2c(c4ccc(N(c5ccc(C(C)(C)C)cc5)c5ccc(C(C)(C)C)cc5)cc4c4ccccc24)C32c3ccccc3-c3ccccc32)cc1. The summed E-state index contributed by atoms with van der Waals surface area (Å²) in [5.74, 6) is 0. The van der Waals surface area contributed by atoms with Gasteiger partial charge in [-0.05, 0) is 154 Å². The largest absolute Gasteiger partial charge is 0.455 e. The van der Waals surface area contributed by atoms with E-state index < -0.39 is 5.41 Å². The van der Waals surface area contributed by atoms with E-state index in [0.29, 0.717) is 0 Å². The van der Waals surface area contributed by atoms with Crippen molar-refractivity contribution >= 4 is 71.9 Å². The number of hydrogen-bond acceptors (Lipinski definition) is 3. The van der Waals surface area contributed by atoms with Crippen LogP contribution in [0.5, 0.6) is 0 Å². The van der Waals surface area contributed by atoms with E-state index in [1.54, 1.807) is 0 Å². The highest BCUT2D eigenvalue weighted by Crippen LogP contribution is 2.67. The van der Waals surface area contributed by atoms with Crippen molar-refractivity contribution in [3.8, 4) is 22.3 Å². The molecule has 2 aliphatic rings. The van der Waals surface area contributed by atoms with Crippen LogP contribution in [-0.4, -0.2) is 0 Å². The monoisotopic (exact) mass is 932 g/mol. The third-order valence-corrected chi connectivity index (χ3v) is 15.9. The maximum atomic E-state index is 7.29. The number of hydrogen-bond donors (Lipinski definition) is 1. The van der Waals surface area contributed by atoms with Gasteiger partial charge in [0.25, 0.3) is 0 Å². The summed E-state index contributed by atoms with van der Waals surface area (Å²) in [7, 11) is 0. The highest BCUT2D eigenvalue weighted by molar-refractivity contribution is 6.26. The molecule has 11 aromatic rings. The van der Waals surface area contributed by atoms with Gasteiger partial charge in [-0.15, -0.1) is 0 Å². The van der Waals surface area contributed by atoms with Crippen molar-refractivity contribution in [1.29, 1.82) is 0 Å². The summed E-state index contributed by atoms with van der Waals surface area (Å²) < 4.78 is 7.29. The Balaban J connectivity index is 1.13. The predicted octanol–water partition coefficient (Wildman–Crippen LogP) is 19.3. The van der Waals surface area contributed by atoms with E-state index in [9.17, 15) is 0 Å². The first-order chi connectivity index (χ1) is 34.6. The zero-order valence-corrected chi connectivity index (χ0v) is 42.8. The Morgan fingerprint density at radius 1 is 0.403 bits per heavy atom. The summed E-state index contributed by atoms with van der Waals surface area (Å²) in [6.07, 6.45) is 0. The lowest BCUT2D eigenvalue weighted by atomic mass is 9.69. The van der Waals surface area contributed by atoms with Crippen LogP contribution >= 0.6 is 0 Å². The van der Waals surface area contributed by atoms with Crippen molar-refractivity contribution in [2.45, 2.75) is 84.0 Å². The fourth-order valence-corrected chi connectivity index (χ4v) is 12.3. The first kappa shape index (κ1) is 44.1. The first-order valence-corrected chi connectivity index (χ1v) is 25.7. The van der Waals surface area contributed by atoms with Gasteiger partial charge in [-0.25, -0.2) is 0 Å². The van der Waals surface area contributed by atoms with E-state index >= 15 is 0 Å². The molecule has 0 radical (unpaired) electrons. The number of nitrogens with one attached hydrogen (secondary N) is 1. The van der Waals surface area contributed by atoms with Crippen LogP contribution in [0.25, 0.3) is 65.7 Å². The quantitative estimate of drug-likeness (QED) is 0.174. The van der Waals surface area contributed by atoms with Gasteiger partial charge in [0.15, 0.2) is 0 Å². The molecule has 1 spiro atoms. The molecule has 0 saturated carbocycles. The number of anilines is 5. The van der Waals surface area contributed by atoms with E-state index in [4.69, 9.17) is 4.42 Å². The van der Waals surface area contributed by atoms with Crippen LogP contribution in [0.2, 0.25) is 0 Å². The van der Waals surface area contributed by atoms with Crippen LogP contribution < -0.4 is 10.2 Å². The van der Waals surface area contributed by atoms with E-state index in [-0.39, 0.29) is 16.2 Å². The topological polar surface area (TPSA) is 28.4 Å².